The third-order valence-corrected chi connectivity index (χ3v) is 2.53. The Hall–Kier alpha value is -0.0800. The van der Waals surface area contributed by atoms with Crippen LogP contribution in [0.1, 0.15) is 13.3 Å². The topological polar surface area (TPSA) is 38.0 Å². The van der Waals surface area contributed by atoms with Gasteiger partial charge in [0.2, 0.25) is 0 Å². The number of hydrogen-bond acceptors (Lipinski definition) is 2. The molecule has 2 atom stereocenters. The molecule has 0 aromatic carbocycles. The highest BCUT2D eigenvalue weighted by atomic mass is 14.9. The Bertz CT molecular complexity index is 99.1. The number of nitrogens with one attached hydrogen (secondary N) is 1. The molecule has 0 amide bonds. The van der Waals surface area contributed by atoms with E-state index < -0.39 is 0 Å². The number of rotatable bonds is 3. The molecular weight excluding hydrogens is 112 g/mol. The molecule has 1 rings (SSSR count). The van der Waals surface area contributed by atoms with Crippen LogP contribution in [0.25, 0.3) is 0 Å². The molecule has 0 heterocycles. The predicted octanol–water partition coefficient (Wildman–Crippen LogP) is 0.191. The molecule has 0 aromatic rings. The van der Waals surface area contributed by atoms with Crippen LogP contribution in [0.4, 0.5) is 0 Å². The summed E-state index contributed by atoms with van der Waals surface area (Å²) in [5.74, 6) is 0.843. The van der Waals surface area contributed by atoms with E-state index in [0.29, 0.717) is 5.41 Å². The zero-order valence-electron chi connectivity index (χ0n) is 6.28. The second-order valence-corrected chi connectivity index (χ2v) is 3.20. The maximum Gasteiger partial charge on any atom is 0.00196 e. The van der Waals surface area contributed by atoms with Gasteiger partial charge in [0, 0.05) is 6.54 Å². The molecule has 2 nitrogen and oxygen atoms in total. The normalized spacial score (nSPS) is 41.0. The fraction of sp³-hybridized carbons (Fsp3) is 1.00. The van der Waals surface area contributed by atoms with Crippen molar-refractivity contribution in [1.82, 2.24) is 5.32 Å². The van der Waals surface area contributed by atoms with Gasteiger partial charge in [0.1, 0.15) is 0 Å². The van der Waals surface area contributed by atoms with E-state index in [1.807, 2.05) is 7.05 Å². The maximum absolute atomic E-state index is 5.61. The summed E-state index contributed by atoms with van der Waals surface area (Å²) in [6, 6.07) is 0. The molecule has 1 aliphatic carbocycles. The zero-order chi connectivity index (χ0) is 6.91. The second-order valence-electron chi connectivity index (χ2n) is 3.20. The molecule has 2 unspecified atom stereocenters. The molecule has 1 fully saturated rings. The standard InChI is InChI=1S/C7H16N2/c1-6-3-7(6,4-8)5-9-2/h6,9H,3-5,8H2,1-2H3. The van der Waals surface area contributed by atoms with Crippen LogP contribution in [-0.4, -0.2) is 20.1 Å². The molecule has 0 bridgehead atoms. The molecule has 1 saturated carbocycles. The molecule has 3 N–H and O–H groups in total. The lowest BCUT2D eigenvalue weighted by molar-refractivity contribution is 0.455. The fourth-order valence-corrected chi connectivity index (χ4v) is 1.51. The van der Waals surface area contributed by atoms with Crippen molar-refractivity contribution in [2.24, 2.45) is 17.1 Å². The zero-order valence-corrected chi connectivity index (χ0v) is 6.28. The monoisotopic (exact) mass is 128 g/mol. The van der Waals surface area contributed by atoms with Crippen LogP contribution in [0.3, 0.4) is 0 Å². The van der Waals surface area contributed by atoms with Gasteiger partial charge in [0.15, 0.2) is 0 Å². The van der Waals surface area contributed by atoms with E-state index in [4.69, 9.17) is 5.73 Å². The van der Waals surface area contributed by atoms with Gasteiger partial charge < -0.3 is 11.1 Å². The molecule has 0 saturated heterocycles. The maximum atomic E-state index is 5.61. The first-order valence-electron chi connectivity index (χ1n) is 3.60. The SMILES string of the molecule is CNCC1(CN)CC1C. The summed E-state index contributed by atoms with van der Waals surface area (Å²) < 4.78 is 0. The summed E-state index contributed by atoms with van der Waals surface area (Å²) in [6.45, 7) is 4.20. The minimum Gasteiger partial charge on any atom is -0.330 e. The van der Waals surface area contributed by atoms with Crippen LogP contribution < -0.4 is 11.1 Å². The third-order valence-electron chi connectivity index (χ3n) is 2.53. The summed E-state index contributed by atoms with van der Waals surface area (Å²) in [6.07, 6.45) is 1.31. The minimum absolute atomic E-state index is 0.467. The van der Waals surface area contributed by atoms with Gasteiger partial charge in [0.25, 0.3) is 0 Å². The molecule has 0 aliphatic heterocycles. The predicted molar refractivity (Wildman–Crippen MR) is 39.2 cm³/mol. The average molecular weight is 128 g/mol. The lowest BCUT2D eigenvalue weighted by atomic mass is 10.1. The average Bonchev–Trinajstić information content (AvgIpc) is 2.45. The Morgan fingerprint density at radius 2 is 2.33 bits per heavy atom. The van der Waals surface area contributed by atoms with E-state index >= 15 is 0 Å². The Kier molecular flexibility index (Phi) is 1.78. The van der Waals surface area contributed by atoms with E-state index in [9.17, 15) is 0 Å². The lowest BCUT2D eigenvalue weighted by Gasteiger charge is -2.11. The Morgan fingerprint density at radius 1 is 1.78 bits per heavy atom. The summed E-state index contributed by atoms with van der Waals surface area (Å²) >= 11 is 0. The molecule has 0 radical (unpaired) electrons. The molecule has 0 spiro atoms. The molecule has 1 aliphatic rings. The van der Waals surface area contributed by atoms with Crippen LogP contribution >= 0.6 is 0 Å². The quantitative estimate of drug-likeness (QED) is 0.569. The highest BCUT2D eigenvalue weighted by molar-refractivity contribution is 5.01. The summed E-state index contributed by atoms with van der Waals surface area (Å²) in [4.78, 5) is 0. The van der Waals surface area contributed by atoms with Crippen LogP contribution in [0.15, 0.2) is 0 Å². The van der Waals surface area contributed by atoms with Crippen molar-refractivity contribution >= 4 is 0 Å². The molecule has 2 heteroatoms. The first-order valence-corrected chi connectivity index (χ1v) is 3.60. The van der Waals surface area contributed by atoms with Crippen molar-refractivity contribution in [2.75, 3.05) is 20.1 Å². The molecule has 54 valence electrons. The van der Waals surface area contributed by atoms with Crippen LogP contribution in [0, 0.1) is 11.3 Å². The van der Waals surface area contributed by atoms with Crippen molar-refractivity contribution < 1.29 is 0 Å². The lowest BCUT2D eigenvalue weighted by Crippen LogP contribution is -2.28. The van der Waals surface area contributed by atoms with Crippen LogP contribution in [-0.2, 0) is 0 Å². The van der Waals surface area contributed by atoms with Gasteiger partial charge in [0.05, 0.1) is 0 Å². The van der Waals surface area contributed by atoms with E-state index in [1.165, 1.54) is 6.42 Å². The Morgan fingerprint density at radius 3 is 2.44 bits per heavy atom. The molecule has 9 heavy (non-hydrogen) atoms. The number of nitrogens with two attached hydrogens (primary N) is 1. The van der Waals surface area contributed by atoms with Crippen LogP contribution in [0.2, 0.25) is 0 Å². The number of hydrogen-bond donors (Lipinski definition) is 2. The Balaban J connectivity index is 2.33. The van der Waals surface area contributed by atoms with Gasteiger partial charge in [-0.3, -0.25) is 0 Å². The molecular formula is C7H16N2. The van der Waals surface area contributed by atoms with E-state index in [1.54, 1.807) is 0 Å². The second kappa shape index (κ2) is 2.27. The van der Waals surface area contributed by atoms with Crippen molar-refractivity contribution in [3.8, 4) is 0 Å². The highest BCUT2D eigenvalue weighted by Crippen LogP contribution is 2.50. The van der Waals surface area contributed by atoms with Crippen LogP contribution in [0.5, 0.6) is 0 Å². The van der Waals surface area contributed by atoms with Gasteiger partial charge in [-0.2, -0.15) is 0 Å². The van der Waals surface area contributed by atoms with Gasteiger partial charge >= 0.3 is 0 Å². The van der Waals surface area contributed by atoms with Crippen molar-refractivity contribution in [3.05, 3.63) is 0 Å². The minimum atomic E-state index is 0.467. The Labute approximate surface area is 56.8 Å². The summed E-state index contributed by atoms with van der Waals surface area (Å²) in [7, 11) is 1.99. The first-order chi connectivity index (χ1) is 4.25. The van der Waals surface area contributed by atoms with Gasteiger partial charge in [-0.1, -0.05) is 6.92 Å². The fourth-order valence-electron chi connectivity index (χ4n) is 1.51. The van der Waals surface area contributed by atoms with Gasteiger partial charge in [-0.15, -0.1) is 0 Å². The van der Waals surface area contributed by atoms with E-state index in [-0.39, 0.29) is 0 Å². The van der Waals surface area contributed by atoms with E-state index in [2.05, 4.69) is 12.2 Å². The first kappa shape index (κ1) is 7.03. The van der Waals surface area contributed by atoms with Crippen molar-refractivity contribution in [2.45, 2.75) is 13.3 Å². The highest BCUT2D eigenvalue weighted by Gasteiger charge is 2.48. The smallest absolute Gasteiger partial charge is 0.00196 e. The summed E-state index contributed by atoms with van der Waals surface area (Å²) in [5, 5.41) is 3.17. The van der Waals surface area contributed by atoms with Crippen molar-refractivity contribution in [3.63, 3.8) is 0 Å². The summed E-state index contributed by atoms with van der Waals surface area (Å²) in [5.41, 5.74) is 6.07. The van der Waals surface area contributed by atoms with Gasteiger partial charge in [-0.05, 0) is 31.3 Å². The van der Waals surface area contributed by atoms with Gasteiger partial charge in [-0.25, -0.2) is 0 Å². The largest absolute Gasteiger partial charge is 0.330 e. The third kappa shape index (κ3) is 1.10. The van der Waals surface area contributed by atoms with E-state index in [0.717, 1.165) is 19.0 Å². The van der Waals surface area contributed by atoms with Crippen molar-refractivity contribution in [1.29, 1.82) is 0 Å². The molecule has 0 aromatic heterocycles.